The van der Waals surface area contributed by atoms with Gasteiger partial charge in [-0.3, -0.25) is 14.8 Å². The lowest BCUT2D eigenvalue weighted by atomic mass is 10.0. The van der Waals surface area contributed by atoms with Gasteiger partial charge < -0.3 is 19.1 Å². The first-order chi connectivity index (χ1) is 14.8. The molecule has 1 aromatic heterocycles. The first kappa shape index (κ1) is 20.7. The number of carbonyl (C=O) groups excluding carboxylic acids is 1. The van der Waals surface area contributed by atoms with E-state index in [4.69, 9.17) is 9.94 Å². The van der Waals surface area contributed by atoms with Crippen LogP contribution in [0, 0.1) is 6.92 Å². The molecular weight excluding hydrogens is 396 g/mol. The van der Waals surface area contributed by atoms with Crippen LogP contribution in [-0.2, 0) is 18.3 Å². The first-order valence-electron chi connectivity index (χ1n) is 10.1. The number of nitrogens with zero attached hydrogens (tertiary/aromatic N) is 3. The van der Waals surface area contributed by atoms with Crippen LogP contribution < -0.4 is 25.6 Å². The maximum absolute atomic E-state index is 12.5. The van der Waals surface area contributed by atoms with E-state index >= 15 is 0 Å². The molecule has 0 radical (unpaired) electrons. The molecule has 0 fully saturated rings. The smallest absolute Gasteiger partial charge is 0.253 e. The number of anilines is 3. The van der Waals surface area contributed by atoms with E-state index in [0.717, 1.165) is 46.6 Å². The molecule has 162 valence electrons. The molecule has 0 spiro atoms. The number of fused-ring (bicyclic) bond motifs is 2. The number of ether oxygens (including phenoxy) is 1. The van der Waals surface area contributed by atoms with Gasteiger partial charge in [-0.2, -0.15) is 0 Å². The number of amides is 1. The summed E-state index contributed by atoms with van der Waals surface area (Å²) in [5.41, 5.74) is 6.84. The topological polar surface area (TPSA) is 87.0 Å². The van der Waals surface area contributed by atoms with Crippen LogP contribution in [0.5, 0.6) is 5.75 Å². The second kappa shape index (κ2) is 7.96. The van der Waals surface area contributed by atoms with E-state index in [1.165, 1.54) is 0 Å². The lowest BCUT2D eigenvalue weighted by Gasteiger charge is -2.38. The van der Waals surface area contributed by atoms with Gasteiger partial charge in [0.05, 0.1) is 36.1 Å². The van der Waals surface area contributed by atoms with Crippen LogP contribution in [0.1, 0.15) is 11.1 Å². The molecule has 0 saturated carbocycles. The molecule has 8 nitrogen and oxygen atoms in total. The van der Waals surface area contributed by atoms with E-state index in [2.05, 4.69) is 9.80 Å². The summed E-state index contributed by atoms with van der Waals surface area (Å²) in [6.07, 6.45) is 0.0772. The van der Waals surface area contributed by atoms with Crippen LogP contribution in [0.4, 0.5) is 17.1 Å². The van der Waals surface area contributed by atoms with Crippen molar-refractivity contribution in [3.63, 3.8) is 0 Å². The summed E-state index contributed by atoms with van der Waals surface area (Å²) >= 11 is 0. The van der Waals surface area contributed by atoms with Gasteiger partial charge in [-0.25, -0.2) is 5.48 Å². The fourth-order valence-electron chi connectivity index (χ4n) is 4.20. The van der Waals surface area contributed by atoms with Crippen LogP contribution in [0.2, 0.25) is 0 Å². The highest BCUT2D eigenvalue weighted by atomic mass is 16.5. The molecule has 0 saturated heterocycles. The van der Waals surface area contributed by atoms with Crippen molar-refractivity contribution in [2.75, 3.05) is 37.0 Å². The summed E-state index contributed by atoms with van der Waals surface area (Å²) in [5.74, 6) is 0.200. The minimum atomic E-state index is -0.465. The first-order valence-corrected chi connectivity index (χ1v) is 10.1. The molecule has 2 N–H and O–H groups in total. The number of likely N-dealkylation sites (N-methyl/N-ethyl adjacent to an activating group) is 1. The Morgan fingerprint density at radius 3 is 2.58 bits per heavy atom. The van der Waals surface area contributed by atoms with Crippen LogP contribution in [-0.4, -0.2) is 42.9 Å². The van der Waals surface area contributed by atoms with Crippen LogP contribution in [0.15, 0.2) is 41.2 Å². The predicted molar refractivity (Wildman–Crippen MR) is 121 cm³/mol. The Bertz CT molecular complexity index is 1230. The van der Waals surface area contributed by atoms with Crippen molar-refractivity contribution in [3.05, 3.63) is 57.9 Å². The number of hydrogen-bond donors (Lipinski definition) is 2. The van der Waals surface area contributed by atoms with Gasteiger partial charge >= 0.3 is 0 Å². The second-order valence-electron chi connectivity index (χ2n) is 7.88. The van der Waals surface area contributed by atoms with E-state index < -0.39 is 5.91 Å². The Morgan fingerprint density at radius 2 is 1.87 bits per heavy atom. The monoisotopic (exact) mass is 422 g/mol. The fourth-order valence-corrected chi connectivity index (χ4v) is 4.20. The zero-order valence-corrected chi connectivity index (χ0v) is 18.1. The highest BCUT2D eigenvalue weighted by molar-refractivity contribution is 5.98. The molecule has 0 atom stereocenters. The number of nitrogens with one attached hydrogen (secondary N) is 1. The molecule has 0 aliphatic carbocycles. The maximum Gasteiger partial charge on any atom is 0.253 e. The number of pyridine rings is 1. The normalized spacial score (nSPS) is 13.3. The minimum absolute atomic E-state index is 0.0391. The van der Waals surface area contributed by atoms with Crippen LogP contribution in [0.25, 0.3) is 10.9 Å². The zero-order chi connectivity index (χ0) is 22.3. The molecule has 31 heavy (non-hydrogen) atoms. The molecule has 0 bridgehead atoms. The molecule has 2 aromatic carbocycles. The number of hydrogen-bond acceptors (Lipinski definition) is 6. The van der Waals surface area contributed by atoms with Crippen molar-refractivity contribution in [2.24, 2.45) is 7.05 Å². The Morgan fingerprint density at radius 1 is 1.10 bits per heavy atom. The van der Waals surface area contributed by atoms with Gasteiger partial charge in [0.25, 0.3) is 5.56 Å². The third-order valence-electron chi connectivity index (χ3n) is 5.89. The van der Waals surface area contributed by atoms with Gasteiger partial charge in [-0.15, -0.1) is 0 Å². The van der Waals surface area contributed by atoms with Crippen molar-refractivity contribution < 1.29 is 14.7 Å². The Labute approximate surface area is 180 Å². The maximum atomic E-state index is 12.5. The van der Waals surface area contributed by atoms with Crippen LogP contribution in [0.3, 0.4) is 0 Å². The average molecular weight is 422 g/mol. The number of rotatable bonds is 4. The molecule has 2 heterocycles. The number of methoxy groups -OCH3 is 1. The number of carbonyl (C=O) groups is 1. The molecular formula is C23H26N4O4. The van der Waals surface area contributed by atoms with Gasteiger partial charge in [0.2, 0.25) is 5.91 Å². The van der Waals surface area contributed by atoms with Crippen molar-refractivity contribution in [3.8, 4) is 5.75 Å². The summed E-state index contributed by atoms with van der Waals surface area (Å²) in [6, 6.07) is 11.6. The predicted octanol–water partition coefficient (Wildman–Crippen LogP) is 2.49. The molecule has 1 aliphatic heterocycles. The Hall–Kier alpha value is -3.52. The number of aryl methyl sites for hydroxylation is 2. The Balaban J connectivity index is 1.95. The SMILES string of the molecule is COc1cc(N2CCN(C)c3ccc(CC(=O)NO)cc32)c2cc(C)c(=O)n(C)c2c1. The van der Waals surface area contributed by atoms with E-state index in [9.17, 15) is 9.59 Å². The van der Waals surface area contributed by atoms with Crippen molar-refractivity contribution in [1.29, 1.82) is 0 Å². The van der Waals surface area contributed by atoms with E-state index in [1.807, 2.05) is 50.4 Å². The number of hydroxylamine groups is 1. The molecule has 3 aromatic rings. The minimum Gasteiger partial charge on any atom is -0.497 e. The Kier molecular flexibility index (Phi) is 5.32. The average Bonchev–Trinajstić information content (AvgIpc) is 2.77. The van der Waals surface area contributed by atoms with Crippen molar-refractivity contribution in [1.82, 2.24) is 10.0 Å². The largest absolute Gasteiger partial charge is 0.497 e. The highest BCUT2D eigenvalue weighted by Crippen LogP contribution is 2.42. The lowest BCUT2D eigenvalue weighted by molar-refractivity contribution is -0.128. The number of benzene rings is 2. The van der Waals surface area contributed by atoms with E-state index in [1.54, 1.807) is 24.2 Å². The van der Waals surface area contributed by atoms with Gasteiger partial charge in [-0.05, 0) is 30.7 Å². The summed E-state index contributed by atoms with van der Waals surface area (Å²) in [7, 11) is 5.42. The summed E-state index contributed by atoms with van der Waals surface area (Å²) in [5, 5.41) is 9.85. The zero-order valence-electron chi connectivity index (χ0n) is 18.1. The summed E-state index contributed by atoms with van der Waals surface area (Å²) in [4.78, 5) is 28.6. The third-order valence-corrected chi connectivity index (χ3v) is 5.89. The van der Waals surface area contributed by atoms with E-state index in [-0.39, 0.29) is 12.0 Å². The van der Waals surface area contributed by atoms with Crippen molar-refractivity contribution in [2.45, 2.75) is 13.3 Å². The molecule has 1 aliphatic rings. The van der Waals surface area contributed by atoms with Crippen LogP contribution >= 0.6 is 0 Å². The molecule has 4 rings (SSSR count). The van der Waals surface area contributed by atoms with E-state index in [0.29, 0.717) is 11.3 Å². The van der Waals surface area contributed by atoms with Gasteiger partial charge in [0.1, 0.15) is 5.75 Å². The van der Waals surface area contributed by atoms with Crippen molar-refractivity contribution >= 4 is 33.9 Å². The fraction of sp³-hybridized carbons (Fsp3) is 0.304. The quantitative estimate of drug-likeness (QED) is 0.496. The third kappa shape index (κ3) is 3.59. The second-order valence-corrected chi connectivity index (χ2v) is 7.88. The van der Waals surface area contributed by atoms with Gasteiger partial charge in [0, 0.05) is 50.3 Å². The standard InChI is InChI=1S/C23H26N4O4/c1-14-9-17-19(26(3)23(14)29)12-16(31-4)13-20(17)27-8-7-25(2)18-6-5-15(10-21(18)27)11-22(28)24-30/h5-6,9-10,12-13,30H,7-8,11H2,1-4H3,(H,24,28). The lowest BCUT2D eigenvalue weighted by Crippen LogP contribution is -2.37. The molecule has 8 heteroatoms. The van der Waals surface area contributed by atoms with Gasteiger partial charge in [0.15, 0.2) is 0 Å². The van der Waals surface area contributed by atoms with Gasteiger partial charge in [-0.1, -0.05) is 6.07 Å². The molecule has 0 unspecified atom stereocenters. The highest BCUT2D eigenvalue weighted by Gasteiger charge is 2.25. The summed E-state index contributed by atoms with van der Waals surface area (Å²) < 4.78 is 7.19. The number of aromatic nitrogens is 1. The molecule has 1 amide bonds. The summed E-state index contributed by atoms with van der Waals surface area (Å²) in [6.45, 7) is 3.36.